The molecule has 4 aliphatic rings. The van der Waals surface area contributed by atoms with Crippen LogP contribution in [0.2, 0.25) is 0 Å². The van der Waals surface area contributed by atoms with Gasteiger partial charge in [-0.2, -0.15) is 0 Å². The van der Waals surface area contributed by atoms with Gasteiger partial charge >= 0.3 is 11.9 Å². The van der Waals surface area contributed by atoms with Crippen molar-refractivity contribution in [2.75, 3.05) is 6.61 Å². The number of aliphatic hydroxyl groups is 1. The number of esters is 2. The number of ether oxygens (including phenoxy) is 2. The Morgan fingerprint density at radius 1 is 1.10 bits per heavy atom. The molecule has 0 saturated heterocycles. The van der Waals surface area contributed by atoms with E-state index in [-0.39, 0.29) is 25.7 Å². The summed E-state index contributed by atoms with van der Waals surface area (Å²) in [4.78, 5) is 51.1. The number of hydrogen-bond donors (Lipinski definition) is 1. The monoisotopic (exact) mass is 582 g/mol. The highest BCUT2D eigenvalue weighted by atomic mass is 19.2. The number of carbonyl (C=O) groups is 4. The van der Waals surface area contributed by atoms with Crippen LogP contribution < -0.4 is 0 Å². The predicted molar refractivity (Wildman–Crippen MR) is 142 cm³/mol. The van der Waals surface area contributed by atoms with E-state index in [0.29, 0.717) is 6.42 Å². The number of rotatable bonds is 9. The van der Waals surface area contributed by atoms with Crippen molar-refractivity contribution < 1.29 is 46.9 Å². The molecule has 0 heterocycles. The molecule has 41 heavy (non-hydrogen) atoms. The molecule has 0 bridgehead atoms. The maximum Gasteiger partial charge on any atom is 0.306 e. The highest BCUT2D eigenvalue weighted by Gasteiger charge is 2.78. The summed E-state index contributed by atoms with van der Waals surface area (Å²) in [7, 11) is 0. The fraction of sp³-hybridized carbons (Fsp3) is 0.742. The van der Waals surface area contributed by atoms with Crippen LogP contribution in [-0.2, 0) is 28.7 Å². The molecule has 9 atom stereocenters. The van der Waals surface area contributed by atoms with Crippen LogP contribution in [0.15, 0.2) is 23.6 Å². The SMILES string of the molecule is CCCCCC(=O)OCC(=O)[C@@]1(OC(=O)CC)[C@H](C)C[C@H]2[C@@H]3C[C@H](F)C4=C(F)C(=O)C=C[C@]4(C)[C@@]3(F)[C@@H](O)C[C@@]21C. The van der Waals surface area contributed by atoms with Gasteiger partial charge in [-0.05, 0) is 44.6 Å². The van der Waals surface area contributed by atoms with Crippen LogP contribution in [0.1, 0.15) is 86.0 Å². The lowest BCUT2D eigenvalue weighted by Crippen LogP contribution is -2.71. The van der Waals surface area contributed by atoms with Gasteiger partial charge in [0, 0.05) is 41.1 Å². The number of aliphatic hydroxyl groups excluding tert-OH is 1. The van der Waals surface area contributed by atoms with Crippen LogP contribution in [0.3, 0.4) is 0 Å². The Balaban J connectivity index is 1.76. The third-order valence-corrected chi connectivity index (χ3v) is 10.6. The molecule has 10 heteroatoms. The predicted octanol–water partition coefficient (Wildman–Crippen LogP) is 5.23. The molecule has 1 N–H and O–H groups in total. The van der Waals surface area contributed by atoms with Gasteiger partial charge < -0.3 is 14.6 Å². The minimum Gasteiger partial charge on any atom is -0.457 e. The lowest BCUT2D eigenvalue weighted by atomic mass is 9.44. The molecule has 4 rings (SSSR count). The average molecular weight is 583 g/mol. The van der Waals surface area contributed by atoms with Gasteiger partial charge in [-0.1, -0.05) is 46.6 Å². The Morgan fingerprint density at radius 3 is 2.41 bits per heavy atom. The van der Waals surface area contributed by atoms with E-state index in [4.69, 9.17) is 9.47 Å². The van der Waals surface area contributed by atoms with Gasteiger partial charge in [-0.25, -0.2) is 13.2 Å². The van der Waals surface area contributed by atoms with Gasteiger partial charge in [0.2, 0.25) is 11.6 Å². The molecule has 0 unspecified atom stereocenters. The molecule has 0 amide bonds. The number of halogens is 3. The molecule has 0 spiro atoms. The molecule has 0 aromatic carbocycles. The lowest BCUT2D eigenvalue weighted by molar-refractivity contribution is -0.232. The van der Waals surface area contributed by atoms with E-state index in [9.17, 15) is 28.7 Å². The second kappa shape index (κ2) is 11.0. The summed E-state index contributed by atoms with van der Waals surface area (Å²) in [5.74, 6) is -6.96. The first kappa shape index (κ1) is 31.4. The highest BCUT2D eigenvalue weighted by molar-refractivity contribution is 6.04. The molecule has 7 nitrogen and oxygen atoms in total. The Labute approximate surface area is 238 Å². The molecule has 0 aromatic heterocycles. The van der Waals surface area contributed by atoms with Crippen LogP contribution in [0.4, 0.5) is 13.2 Å². The van der Waals surface area contributed by atoms with Crippen LogP contribution in [0.25, 0.3) is 0 Å². The summed E-state index contributed by atoms with van der Waals surface area (Å²) in [6.07, 6.45) is -0.136. The van der Waals surface area contributed by atoms with Crippen molar-refractivity contribution in [1.82, 2.24) is 0 Å². The number of carbonyl (C=O) groups excluding carboxylic acids is 4. The first-order valence-corrected chi connectivity index (χ1v) is 14.7. The largest absolute Gasteiger partial charge is 0.457 e. The lowest BCUT2D eigenvalue weighted by Gasteiger charge is -2.63. The number of allylic oxidation sites excluding steroid dienone is 4. The zero-order valence-electron chi connectivity index (χ0n) is 24.4. The molecule has 4 aliphatic carbocycles. The number of alkyl halides is 2. The fourth-order valence-corrected chi connectivity index (χ4v) is 8.58. The van der Waals surface area contributed by atoms with Crippen molar-refractivity contribution >= 4 is 23.5 Å². The number of unbranched alkanes of at least 4 members (excludes halogenated alkanes) is 2. The van der Waals surface area contributed by atoms with E-state index in [2.05, 4.69) is 0 Å². The molecule has 0 aromatic rings. The topological polar surface area (TPSA) is 107 Å². The molecule has 0 aliphatic heterocycles. The van der Waals surface area contributed by atoms with Crippen molar-refractivity contribution in [3.63, 3.8) is 0 Å². The minimum absolute atomic E-state index is 0.0603. The third kappa shape index (κ3) is 4.41. The molecule has 3 saturated carbocycles. The average Bonchev–Trinajstić information content (AvgIpc) is 3.13. The first-order valence-electron chi connectivity index (χ1n) is 14.7. The summed E-state index contributed by atoms with van der Waals surface area (Å²) < 4.78 is 59.4. The van der Waals surface area contributed by atoms with Crippen molar-refractivity contribution in [1.29, 1.82) is 0 Å². The Morgan fingerprint density at radius 2 is 1.78 bits per heavy atom. The van der Waals surface area contributed by atoms with Crippen LogP contribution in [0, 0.1) is 28.6 Å². The number of Topliss-reactive ketones (excluding diaryl/α,β-unsaturated/α-hetero) is 1. The van der Waals surface area contributed by atoms with Gasteiger partial charge in [-0.15, -0.1) is 0 Å². The fourth-order valence-electron chi connectivity index (χ4n) is 8.58. The number of ketones is 2. The van der Waals surface area contributed by atoms with E-state index < -0.39 is 100 Å². The van der Waals surface area contributed by atoms with Gasteiger partial charge in [0.05, 0.1) is 6.10 Å². The summed E-state index contributed by atoms with van der Waals surface area (Å²) in [6, 6.07) is 0. The summed E-state index contributed by atoms with van der Waals surface area (Å²) in [5, 5.41) is 11.6. The zero-order valence-corrected chi connectivity index (χ0v) is 24.4. The maximum atomic E-state index is 17.5. The van der Waals surface area contributed by atoms with Gasteiger partial charge in [0.15, 0.2) is 23.7 Å². The second-order valence-corrected chi connectivity index (χ2v) is 12.7. The van der Waals surface area contributed by atoms with E-state index in [1.807, 2.05) is 6.92 Å². The number of hydrogen-bond acceptors (Lipinski definition) is 7. The summed E-state index contributed by atoms with van der Waals surface area (Å²) >= 11 is 0. The second-order valence-electron chi connectivity index (χ2n) is 12.7. The Bertz CT molecular complexity index is 1180. The molecular formula is C31H41F3O7. The third-order valence-electron chi connectivity index (χ3n) is 10.6. The van der Waals surface area contributed by atoms with Crippen LogP contribution in [0.5, 0.6) is 0 Å². The van der Waals surface area contributed by atoms with Crippen molar-refractivity contribution in [2.45, 2.75) is 110 Å². The van der Waals surface area contributed by atoms with Crippen molar-refractivity contribution in [3.05, 3.63) is 23.6 Å². The molecular weight excluding hydrogens is 541 g/mol. The Hall–Kier alpha value is -2.49. The van der Waals surface area contributed by atoms with Gasteiger partial charge in [0.25, 0.3) is 0 Å². The smallest absolute Gasteiger partial charge is 0.306 e. The van der Waals surface area contributed by atoms with Crippen LogP contribution in [-0.4, -0.2) is 58.8 Å². The van der Waals surface area contributed by atoms with Crippen molar-refractivity contribution in [2.24, 2.45) is 28.6 Å². The minimum atomic E-state index is -2.57. The van der Waals surface area contributed by atoms with E-state index in [0.717, 1.165) is 25.0 Å². The summed E-state index contributed by atoms with van der Waals surface area (Å²) in [6.45, 7) is 7.49. The van der Waals surface area contributed by atoms with E-state index in [1.165, 1.54) is 6.92 Å². The molecule has 228 valence electrons. The Kier molecular flexibility index (Phi) is 8.41. The standard InChI is InChI=1S/C31H41F3O7/c1-6-8-9-10-25(39)40-16-23(37)31(41-24(38)7-2)17(3)13-18-19-14-20(32)26-27(33)21(35)11-12-28(26,4)30(19,34)22(36)15-29(18,31)5/h11-12,17-20,22,36H,6-10,13-16H2,1-5H3/t17-,18+,19+,20+,22+,28+,29+,30+,31+/m1/s1. The van der Waals surface area contributed by atoms with Gasteiger partial charge in [0.1, 0.15) is 6.17 Å². The molecule has 3 fully saturated rings. The van der Waals surface area contributed by atoms with Crippen LogP contribution >= 0.6 is 0 Å². The van der Waals surface area contributed by atoms with E-state index >= 15 is 8.78 Å². The van der Waals surface area contributed by atoms with Gasteiger partial charge in [-0.3, -0.25) is 19.2 Å². The number of fused-ring (bicyclic) bond motifs is 5. The maximum absolute atomic E-state index is 17.5. The quantitative estimate of drug-likeness (QED) is 0.293. The highest BCUT2D eigenvalue weighted by Crippen LogP contribution is 2.72. The first-order chi connectivity index (χ1) is 19.1. The van der Waals surface area contributed by atoms with E-state index in [1.54, 1.807) is 20.8 Å². The zero-order chi connectivity index (χ0) is 30.5. The van der Waals surface area contributed by atoms with Crippen molar-refractivity contribution in [3.8, 4) is 0 Å². The summed E-state index contributed by atoms with van der Waals surface area (Å²) in [5.41, 5.74) is -8.34. The normalized spacial score (nSPS) is 41.4. The molecule has 0 radical (unpaired) electrons.